The number of carbonyl (C=O) groups is 4. The first kappa shape index (κ1) is 35.1. The molecule has 0 bridgehead atoms. The van der Waals surface area contributed by atoms with Crippen LogP contribution in [0.1, 0.15) is 79.2 Å². The number of hydrogen-bond acceptors (Lipinski definition) is 8. The van der Waals surface area contributed by atoms with E-state index in [-0.39, 0.29) is 37.3 Å². The minimum Gasteiger partial charge on any atom is -0.462 e. The molecular formula is C33H47NO7S. The number of carbonyl (C=O) groups excluding carboxylic acids is 4. The summed E-state index contributed by atoms with van der Waals surface area (Å²) in [4.78, 5) is 50.5. The standard InChI is InChI=1S/C33H47NO7S/c1-7-10-18-28(32(38)41-33(4,5)6)34-31(37)25(19-24-16-13-15-23-14-11-12-17-27(23)24)21-42-22-26(40-30(36)9-3)20-39-29(35)8-2/h11-17,25-26,28H,7-10,18-22H2,1-6H3,(H,34,37)/t25-,26?,28+/m1/s1. The lowest BCUT2D eigenvalue weighted by molar-refractivity contribution is -0.159. The van der Waals surface area contributed by atoms with Crippen LogP contribution >= 0.6 is 11.8 Å². The van der Waals surface area contributed by atoms with Crippen molar-refractivity contribution in [2.75, 3.05) is 18.1 Å². The molecule has 0 saturated carbocycles. The number of amides is 1. The molecule has 1 N–H and O–H groups in total. The van der Waals surface area contributed by atoms with Crippen LogP contribution in [0.15, 0.2) is 42.5 Å². The molecule has 0 fully saturated rings. The van der Waals surface area contributed by atoms with Crippen molar-refractivity contribution in [3.63, 3.8) is 0 Å². The van der Waals surface area contributed by atoms with Gasteiger partial charge in [0.1, 0.15) is 24.4 Å². The van der Waals surface area contributed by atoms with Gasteiger partial charge in [-0.25, -0.2) is 4.79 Å². The predicted molar refractivity (Wildman–Crippen MR) is 167 cm³/mol. The maximum Gasteiger partial charge on any atom is 0.329 e. The van der Waals surface area contributed by atoms with Gasteiger partial charge < -0.3 is 19.5 Å². The maximum atomic E-state index is 13.8. The van der Waals surface area contributed by atoms with Crippen molar-refractivity contribution in [3.8, 4) is 0 Å². The van der Waals surface area contributed by atoms with Crippen molar-refractivity contribution in [1.29, 1.82) is 0 Å². The highest BCUT2D eigenvalue weighted by molar-refractivity contribution is 7.99. The van der Waals surface area contributed by atoms with E-state index in [1.54, 1.807) is 13.8 Å². The fourth-order valence-electron chi connectivity index (χ4n) is 4.30. The average Bonchev–Trinajstić information content (AvgIpc) is 2.95. The number of esters is 3. The lowest BCUT2D eigenvalue weighted by Gasteiger charge is -2.26. The van der Waals surface area contributed by atoms with Crippen LogP contribution in [0.5, 0.6) is 0 Å². The number of benzene rings is 2. The monoisotopic (exact) mass is 601 g/mol. The van der Waals surface area contributed by atoms with Crippen LogP contribution in [0.3, 0.4) is 0 Å². The van der Waals surface area contributed by atoms with E-state index in [0.717, 1.165) is 29.2 Å². The average molecular weight is 602 g/mol. The van der Waals surface area contributed by atoms with Crippen molar-refractivity contribution in [2.24, 2.45) is 5.92 Å². The second kappa shape index (κ2) is 17.8. The van der Waals surface area contributed by atoms with E-state index in [0.29, 0.717) is 24.3 Å². The second-order valence-electron chi connectivity index (χ2n) is 11.3. The summed E-state index contributed by atoms with van der Waals surface area (Å²) in [5.41, 5.74) is 0.360. The zero-order chi connectivity index (χ0) is 31.1. The van der Waals surface area contributed by atoms with Gasteiger partial charge in [-0.2, -0.15) is 11.8 Å². The number of rotatable bonds is 17. The van der Waals surface area contributed by atoms with Gasteiger partial charge in [0.05, 0.1) is 5.92 Å². The Bertz CT molecular complexity index is 1170. The third kappa shape index (κ3) is 12.4. The second-order valence-corrected chi connectivity index (χ2v) is 12.4. The SMILES string of the molecule is CCCC[C@H](NC(=O)[C@@H](CSCC(COC(=O)CC)OC(=O)CC)Cc1cccc2ccccc12)C(=O)OC(C)(C)C. The minimum absolute atomic E-state index is 0.0384. The van der Waals surface area contributed by atoms with Crippen LogP contribution in [0.2, 0.25) is 0 Å². The highest BCUT2D eigenvalue weighted by atomic mass is 32.2. The summed E-state index contributed by atoms with van der Waals surface area (Å²) >= 11 is 1.45. The molecule has 3 atom stereocenters. The number of fused-ring (bicyclic) bond motifs is 1. The van der Waals surface area contributed by atoms with Crippen molar-refractivity contribution in [3.05, 3.63) is 48.0 Å². The molecule has 0 aliphatic carbocycles. The first-order valence-corrected chi connectivity index (χ1v) is 16.1. The van der Waals surface area contributed by atoms with Gasteiger partial charge in [0, 0.05) is 24.3 Å². The molecule has 8 nitrogen and oxygen atoms in total. The van der Waals surface area contributed by atoms with Gasteiger partial charge in [0.25, 0.3) is 0 Å². The predicted octanol–water partition coefficient (Wildman–Crippen LogP) is 6.02. The van der Waals surface area contributed by atoms with E-state index < -0.39 is 29.6 Å². The lowest BCUT2D eigenvalue weighted by Crippen LogP contribution is -2.47. The fraction of sp³-hybridized carbons (Fsp3) is 0.576. The van der Waals surface area contributed by atoms with Crippen LogP contribution in [0, 0.1) is 5.92 Å². The Labute approximate surface area is 254 Å². The largest absolute Gasteiger partial charge is 0.462 e. The summed E-state index contributed by atoms with van der Waals surface area (Å²) in [6.07, 6.45) is 2.41. The molecule has 2 rings (SSSR count). The van der Waals surface area contributed by atoms with Gasteiger partial charge >= 0.3 is 17.9 Å². The van der Waals surface area contributed by atoms with Crippen molar-refractivity contribution >= 4 is 46.3 Å². The quantitative estimate of drug-likeness (QED) is 0.173. The van der Waals surface area contributed by atoms with Crippen LogP contribution in [-0.4, -0.2) is 59.7 Å². The van der Waals surface area contributed by atoms with E-state index in [1.165, 1.54) is 11.8 Å². The Hall–Kier alpha value is -3.07. The van der Waals surface area contributed by atoms with Gasteiger partial charge in [-0.1, -0.05) is 76.1 Å². The van der Waals surface area contributed by atoms with E-state index in [1.807, 2.05) is 70.2 Å². The molecule has 232 valence electrons. The van der Waals surface area contributed by atoms with Crippen molar-refractivity contribution in [1.82, 2.24) is 5.32 Å². The molecule has 0 radical (unpaired) electrons. The Kier molecular flexibility index (Phi) is 14.9. The van der Waals surface area contributed by atoms with Crippen LogP contribution < -0.4 is 5.32 Å². The van der Waals surface area contributed by atoms with Gasteiger partial charge in [-0.3, -0.25) is 14.4 Å². The van der Waals surface area contributed by atoms with Crippen molar-refractivity contribution < 1.29 is 33.4 Å². The molecule has 1 amide bonds. The molecule has 2 aromatic carbocycles. The Balaban J connectivity index is 2.26. The summed E-state index contributed by atoms with van der Waals surface area (Å²) in [5.74, 6) is -1.14. The Morgan fingerprint density at radius 2 is 1.60 bits per heavy atom. The Morgan fingerprint density at radius 3 is 2.26 bits per heavy atom. The summed E-state index contributed by atoms with van der Waals surface area (Å²) in [6, 6.07) is 13.3. The van der Waals surface area contributed by atoms with E-state index in [4.69, 9.17) is 14.2 Å². The van der Waals surface area contributed by atoms with E-state index in [2.05, 4.69) is 5.32 Å². The molecule has 1 unspecified atom stereocenters. The van der Waals surface area contributed by atoms with Gasteiger partial charge in [0.15, 0.2) is 0 Å². The van der Waals surface area contributed by atoms with Crippen LogP contribution in [0.4, 0.5) is 0 Å². The molecule has 0 aromatic heterocycles. The molecule has 9 heteroatoms. The normalized spacial score (nSPS) is 13.6. The Morgan fingerprint density at radius 1 is 0.905 bits per heavy atom. The zero-order valence-electron chi connectivity index (χ0n) is 25.9. The first-order valence-electron chi connectivity index (χ1n) is 14.9. The van der Waals surface area contributed by atoms with Crippen molar-refractivity contribution in [2.45, 2.75) is 97.8 Å². The molecule has 0 saturated heterocycles. The number of unbranched alkanes of at least 4 members (excludes halogenated alkanes) is 1. The minimum atomic E-state index is -0.747. The molecule has 0 aliphatic rings. The fourth-order valence-corrected chi connectivity index (χ4v) is 5.41. The topological polar surface area (TPSA) is 108 Å². The van der Waals surface area contributed by atoms with E-state index >= 15 is 0 Å². The molecule has 2 aromatic rings. The molecule has 0 aliphatic heterocycles. The lowest BCUT2D eigenvalue weighted by atomic mass is 9.95. The van der Waals surface area contributed by atoms with Gasteiger partial charge in [-0.05, 0) is 49.9 Å². The highest BCUT2D eigenvalue weighted by Gasteiger charge is 2.30. The van der Waals surface area contributed by atoms with Crippen LogP contribution in [-0.2, 0) is 39.8 Å². The molecule has 0 spiro atoms. The smallest absolute Gasteiger partial charge is 0.329 e. The highest BCUT2D eigenvalue weighted by Crippen LogP contribution is 2.24. The first-order chi connectivity index (χ1) is 20.0. The van der Waals surface area contributed by atoms with Crippen LogP contribution in [0.25, 0.3) is 10.8 Å². The molecule has 0 heterocycles. The van der Waals surface area contributed by atoms with E-state index in [9.17, 15) is 19.2 Å². The number of ether oxygens (including phenoxy) is 3. The zero-order valence-corrected chi connectivity index (χ0v) is 26.7. The number of thioether (sulfide) groups is 1. The summed E-state index contributed by atoms with van der Waals surface area (Å²) in [6.45, 7) is 10.8. The molecular weight excluding hydrogens is 554 g/mol. The third-order valence-electron chi connectivity index (χ3n) is 6.50. The summed E-state index contributed by atoms with van der Waals surface area (Å²) in [7, 11) is 0. The summed E-state index contributed by atoms with van der Waals surface area (Å²) < 4.78 is 16.4. The molecule has 42 heavy (non-hydrogen) atoms. The maximum absolute atomic E-state index is 13.8. The third-order valence-corrected chi connectivity index (χ3v) is 7.75. The number of hydrogen-bond donors (Lipinski definition) is 1. The van der Waals surface area contributed by atoms with Gasteiger partial charge in [-0.15, -0.1) is 0 Å². The number of nitrogens with one attached hydrogen (secondary N) is 1. The van der Waals surface area contributed by atoms with Gasteiger partial charge in [0.2, 0.25) is 5.91 Å². The summed E-state index contributed by atoms with van der Waals surface area (Å²) in [5, 5.41) is 5.14.